The molecule has 6 heteroatoms. The molecule has 0 aromatic carbocycles. The molecule has 0 spiro atoms. The summed E-state index contributed by atoms with van der Waals surface area (Å²) in [5.41, 5.74) is 0. The number of carbonyl (C=O) groups excluding carboxylic acids is 1. The molecule has 0 atom stereocenters. The number of sulfonamides is 1. The van der Waals surface area contributed by atoms with Gasteiger partial charge in [0, 0.05) is 12.5 Å². The summed E-state index contributed by atoms with van der Waals surface area (Å²) in [6, 6.07) is 0.0937. The van der Waals surface area contributed by atoms with Crippen LogP contribution < -0.4 is 4.72 Å². The maximum atomic E-state index is 11.1. The highest BCUT2D eigenvalue weighted by Gasteiger charge is 2.20. The maximum Gasteiger partial charge on any atom is 0.208 e. The Labute approximate surface area is 104 Å². The molecule has 0 amide bonds. The summed E-state index contributed by atoms with van der Waals surface area (Å²) in [6.07, 6.45) is 6.56. The van der Waals surface area contributed by atoms with Crippen LogP contribution in [-0.2, 0) is 14.8 Å². The van der Waals surface area contributed by atoms with E-state index in [4.69, 9.17) is 0 Å². The van der Waals surface area contributed by atoms with E-state index < -0.39 is 10.0 Å². The summed E-state index contributed by atoms with van der Waals surface area (Å²) in [5.74, 6) is 0. The first-order valence-corrected chi connectivity index (χ1v) is 8.03. The van der Waals surface area contributed by atoms with Crippen LogP contribution in [0, 0.1) is 0 Å². The zero-order chi connectivity index (χ0) is 12.7. The van der Waals surface area contributed by atoms with Crippen LogP contribution in [0.3, 0.4) is 0 Å². The van der Waals surface area contributed by atoms with Gasteiger partial charge < -0.3 is 9.69 Å². The molecular weight excluding hydrogens is 240 g/mol. The van der Waals surface area contributed by atoms with Gasteiger partial charge >= 0.3 is 0 Å². The lowest BCUT2D eigenvalue weighted by molar-refractivity contribution is -0.107. The third-order valence-electron chi connectivity index (χ3n) is 3.01. The minimum absolute atomic E-state index is 0.0937. The van der Waals surface area contributed by atoms with E-state index in [1.165, 1.54) is 6.26 Å². The fraction of sp³-hybridized carbons (Fsp3) is 0.909. The van der Waals surface area contributed by atoms with Gasteiger partial charge in [0.1, 0.15) is 6.29 Å². The second kappa shape index (κ2) is 7.08. The third-order valence-corrected chi connectivity index (χ3v) is 3.78. The molecule has 1 aliphatic heterocycles. The summed E-state index contributed by atoms with van der Waals surface area (Å²) >= 11 is 0. The summed E-state index contributed by atoms with van der Waals surface area (Å²) in [7, 11) is -3.07. The molecule has 1 fully saturated rings. The van der Waals surface area contributed by atoms with Crippen molar-refractivity contribution in [1.29, 1.82) is 0 Å². The van der Waals surface area contributed by atoms with E-state index in [-0.39, 0.29) is 6.04 Å². The molecule has 0 aliphatic carbocycles. The van der Waals surface area contributed by atoms with Gasteiger partial charge in [-0.25, -0.2) is 13.1 Å². The Morgan fingerprint density at radius 3 is 2.47 bits per heavy atom. The Bertz CT molecular complexity index is 322. The van der Waals surface area contributed by atoms with Gasteiger partial charge in [-0.05, 0) is 45.3 Å². The zero-order valence-electron chi connectivity index (χ0n) is 10.4. The first-order chi connectivity index (χ1) is 8.01. The minimum atomic E-state index is -3.07. The van der Waals surface area contributed by atoms with Crippen molar-refractivity contribution in [3.63, 3.8) is 0 Å². The number of carbonyl (C=O) groups is 1. The zero-order valence-corrected chi connectivity index (χ0v) is 11.2. The van der Waals surface area contributed by atoms with Crippen LogP contribution in [0.5, 0.6) is 0 Å². The van der Waals surface area contributed by atoms with Gasteiger partial charge in [-0.15, -0.1) is 0 Å². The molecule has 17 heavy (non-hydrogen) atoms. The largest absolute Gasteiger partial charge is 0.303 e. The fourth-order valence-corrected chi connectivity index (χ4v) is 2.98. The maximum absolute atomic E-state index is 11.1. The van der Waals surface area contributed by atoms with E-state index in [9.17, 15) is 13.2 Å². The van der Waals surface area contributed by atoms with Crippen LogP contribution in [0.2, 0.25) is 0 Å². The van der Waals surface area contributed by atoms with Crippen molar-refractivity contribution < 1.29 is 13.2 Å². The molecule has 0 saturated carbocycles. The number of piperidine rings is 1. The molecule has 1 aliphatic rings. The van der Waals surface area contributed by atoms with Gasteiger partial charge in [-0.1, -0.05) is 0 Å². The highest BCUT2D eigenvalue weighted by Crippen LogP contribution is 2.11. The minimum Gasteiger partial charge on any atom is -0.303 e. The van der Waals surface area contributed by atoms with E-state index >= 15 is 0 Å². The van der Waals surface area contributed by atoms with Crippen molar-refractivity contribution in [3.05, 3.63) is 0 Å². The van der Waals surface area contributed by atoms with Gasteiger partial charge in [0.15, 0.2) is 0 Å². The molecule has 0 unspecified atom stereocenters. The van der Waals surface area contributed by atoms with Crippen molar-refractivity contribution in [2.45, 2.75) is 38.1 Å². The van der Waals surface area contributed by atoms with Gasteiger partial charge in [0.2, 0.25) is 10.0 Å². The van der Waals surface area contributed by atoms with Crippen LogP contribution in [-0.4, -0.2) is 51.5 Å². The predicted molar refractivity (Wildman–Crippen MR) is 67.4 cm³/mol. The van der Waals surface area contributed by atoms with Crippen molar-refractivity contribution in [2.75, 3.05) is 25.9 Å². The molecule has 0 aromatic rings. The molecule has 1 rings (SSSR count). The number of likely N-dealkylation sites (tertiary alicyclic amines) is 1. The smallest absolute Gasteiger partial charge is 0.208 e. The molecular formula is C11H22N2O3S. The van der Waals surface area contributed by atoms with Crippen molar-refractivity contribution in [2.24, 2.45) is 0 Å². The molecule has 0 radical (unpaired) electrons. The Kier molecular flexibility index (Phi) is 6.08. The molecule has 5 nitrogen and oxygen atoms in total. The molecule has 0 aromatic heterocycles. The highest BCUT2D eigenvalue weighted by atomic mass is 32.2. The Hall–Kier alpha value is -0.460. The normalized spacial score (nSPS) is 19.4. The van der Waals surface area contributed by atoms with Gasteiger partial charge in [0.05, 0.1) is 6.26 Å². The lowest BCUT2D eigenvalue weighted by atomic mass is 10.1. The highest BCUT2D eigenvalue weighted by molar-refractivity contribution is 7.88. The second-order valence-electron chi connectivity index (χ2n) is 4.67. The average Bonchev–Trinajstić information content (AvgIpc) is 2.25. The summed E-state index contributed by atoms with van der Waals surface area (Å²) in [4.78, 5) is 12.5. The van der Waals surface area contributed by atoms with Crippen molar-refractivity contribution in [3.8, 4) is 0 Å². The Balaban J connectivity index is 2.15. The number of unbranched alkanes of at least 4 members (excludes halogenated alkanes) is 2. The topological polar surface area (TPSA) is 66.5 Å². The van der Waals surface area contributed by atoms with E-state index in [1.54, 1.807) is 0 Å². The second-order valence-corrected chi connectivity index (χ2v) is 6.45. The number of rotatable bonds is 7. The number of aldehydes is 1. The van der Waals surface area contributed by atoms with Gasteiger partial charge in [-0.2, -0.15) is 0 Å². The molecule has 1 saturated heterocycles. The summed E-state index contributed by atoms with van der Waals surface area (Å²) in [6.45, 7) is 2.89. The standard InChI is InChI=1S/C11H22N2O3S/c1-17(15,16)12-11-5-8-13(9-6-11)7-3-2-4-10-14/h10-12H,2-9H2,1H3. The number of nitrogens with one attached hydrogen (secondary N) is 1. The third kappa shape index (κ3) is 6.75. The summed E-state index contributed by atoms with van der Waals surface area (Å²) in [5, 5.41) is 0. The number of hydrogen-bond donors (Lipinski definition) is 1. The molecule has 1 heterocycles. The van der Waals surface area contributed by atoms with Crippen molar-refractivity contribution in [1.82, 2.24) is 9.62 Å². The monoisotopic (exact) mass is 262 g/mol. The van der Waals surface area contributed by atoms with Crippen LogP contribution >= 0.6 is 0 Å². The van der Waals surface area contributed by atoms with E-state index in [0.29, 0.717) is 6.42 Å². The fourth-order valence-electron chi connectivity index (χ4n) is 2.14. The SMILES string of the molecule is CS(=O)(=O)NC1CCN(CCCCC=O)CC1. The molecule has 100 valence electrons. The molecule has 1 N–H and O–H groups in total. The first-order valence-electron chi connectivity index (χ1n) is 6.14. The Morgan fingerprint density at radius 1 is 1.29 bits per heavy atom. The quantitative estimate of drug-likeness (QED) is 0.532. The van der Waals surface area contributed by atoms with Crippen LogP contribution in [0.15, 0.2) is 0 Å². The average molecular weight is 262 g/mol. The van der Waals surface area contributed by atoms with Crippen LogP contribution in [0.4, 0.5) is 0 Å². The van der Waals surface area contributed by atoms with Gasteiger partial charge in [-0.3, -0.25) is 0 Å². The molecule has 0 bridgehead atoms. The lowest BCUT2D eigenvalue weighted by Crippen LogP contribution is -2.44. The van der Waals surface area contributed by atoms with Crippen LogP contribution in [0.25, 0.3) is 0 Å². The van der Waals surface area contributed by atoms with E-state index in [0.717, 1.165) is 51.6 Å². The predicted octanol–water partition coefficient (Wildman–Crippen LogP) is 0.369. The number of nitrogens with zero attached hydrogens (tertiary/aromatic N) is 1. The summed E-state index contributed by atoms with van der Waals surface area (Å²) < 4.78 is 24.8. The van der Waals surface area contributed by atoms with Crippen molar-refractivity contribution >= 4 is 16.3 Å². The van der Waals surface area contributed by atoms with Crippen LogP contribution in [0.1, 0.15) is 32.1 Å². The lowest BCUT2D eigenvalue weighted by Gasteiger charge is -2.31. The van der Waals surface area contributed by atoms with Gasteiger partial charge in [0.25, 0.3) is 0 Å². The Morgan fingerprint density at radius 2 is 1.94 bits per heavy atom. The van der Waals surface area contributed by atoms with E-state index in [2.05, 4.69) is 9.62 Å². The number of hydrogen-bond acceptors (Lipinski definition) is 4. The van der Waals surface area contributed by atoms with E-state index in [1.807, 2.05) is 0 Å². The first kappa shape index (κ1) is 14.6.